The number of nitrogens with one attached hydrogen (secondary N) is 3. The summed E-state index contributed by atoms with van der Waals surface area (Å²) in [6, 6.07) is 10.8. The molecule has 0 spiro atoms. The number of anilines is 1. The van der Waals surface area contributed by atoms with Crippen molar-refractivity contribution in [1.82, 2.24) is 10.3 Å². The minimum absolute atomic E-state index is 0.164. The zero-order valence-electron chi connectivity index (χ0n) is 11.5. The summed E-state index contributed by atoms with van der Waals surface area (Å²) in [7, 11) is 0. The van der Waals surface area contributed by atoms with Crippen LogP contribution >= 0.6 is 0 Å². The Kier molecular flexibility index (Phi) is 4.50. The summed E-state index contributed by atoms with van der Waals surface area (Å²) in [6.45, 7) is 2.39. The molecule has 6 nitrogen and oxygen atoms in total. The number of pyridine rings is 1. The molecule has 0 aliphatic carbocycles. The summed E-state index contributed by atoms with van der Waals surface area (Å²) >= 11 is 0. The van der Waals surface area contributed by atoms with Gasteiger partial charge in [0.25, 0.3) is 11.8 Å². The molecular weight excluding hydrogens is 270 g/mol. The molecule has 1 aromatic heterocycles. The fourth-order valence-electron chi connectivity index (χ4n) is 1.75. The molecule has 0 aliphatic heterocycles. The van der Waals surface area contributed by atoms with Crippen molar-refractivity contribution in [2.75, 3.05) is 11.9 Å². The van der Waals surface area contributed by atoms with Crippen molar-refractivity contribution in [2.45, 2.75) is 6.92 Å². The summed E-state index contributed by atoms with van der Waals surface area (Å²) in [5.74, 6) is -0.582. The van der Waals surface area contributed by atoms with Gasteiger partial charge in [0.05, 0.1) is 0 Å². The lowest BCUT2D eigenvalue weighted by Crippen LogP contribution is -2.22. The molecule has 0 aliphatic rings. The topological polar surface area (TPSA) is 91.1 Å². The van der Waals surface area contributed by atoms with Crippen LogP contribution in [0.4, 0.5) is 5.69 Å². The van der Waals surface area contributed by atoms with E-state index in [1.54, 1.807) is 24.3 Å². The number of carbonyl (C=O) groups excluding carboxylic acids is 2. The van der Waals surface area contributed by atoms with Gasteiger partial charge in [-0.15, -0.1) is 0 Å². The molecule has 0 saturated carbocycles. The lowest BCUT2D eigenvalue weighted by Gasteiger charge is -2.06. The second-order valence-corrected chi connectivity index (χ2v) is 4.32. The van der Waals surface area contributed by atoms with E-state index in [2.05, 4.69) is 15.6 Å². The highest BCUT2D eigenvalue weighted by molar-refractivity contribution is 6.03. The highest BCUT2D eigenvalue weighted by Gasteiger charge is 2.08. The van der Waals surface area contributed by atoms with E-state index in [0.29, 0.717) is 17.8 Å². The normalized spacial score (nSPS) is 9.95. The standard InChI is InChI=1S/C15H15N3O3/c1-2-16-14(20)10-6-8-11(9-7-10)17-15(21)12-4-3-5-13(19)18-12/h3-9H,2H2,1H3,(H,16,20)(H,17,21)(H,18,19). The third-order valence-electron chi connectivity index (χ3n) is 2.76. The van der Waals surface area contributed by atoms with Gasteiger partial charge in [-0.2, -0.15) is 0 Å². The number of carbonyl (C=O) groups is 2. The highest BCUT2D eigenvalue weighted by Crippen LogP contribution is 2.10. The molecule has 21 heavy (non-hydrogen) atoms. The van der Waals surface area contributed by atoms with Crippen LogP contribution in [0.15, 0.2) is 47.3 Å². The summed E-state index contributed by atoms with van der Waals surface area (Å²) in [6.07, 6.45) is 0. The third-order valence-corrected chi connectivity index (χ3v) is 2.76. The van der Waals surface area contributed by atoms with Gasteiger partial charge in [-0.25, -0.2) is 0 Å². The van der Waals surface area contributed by atoms with Crippen molar-refractivity contribution in [1.29, 1.82) is 0 Å². The first-order valence-electron chi connectivity index (χ1n) is 6.49. The summed E-state index contributed by atoms with van der Waals surface area (Å²) in [5.41, 5.74) is 0.894. The number of aromatic nitrogens is 1. The number of aromatic amines is 1. The lowest BCUT2D eigenvalue weighted by molar-refractivity contribution is 0.0955. The van der Waals surface area contributed by atoms with Gasteiger partial charge < -0.3 is 15.6 Å². The molecule has 0 fully saturated rings. The van der Waals surface area contributed by atoms with Crippen LogP contribution in [0.5, 0.6) is 0 Å². The van der Waals surface area contributed by atoms with Crippen LogP contribution in [0.2, 0.25) is 0 Å². The third kappa shape index (κ3) is 3.79. The van der Waals surface area contributed by atoms with E-state index in [9.17, 15) is 14.4 Å². The van der Waals surface area contributed by atoms with Crippen molar-refractivity contribution >= 4 is 17.5 Å². The van der Waals surface area contributed by atoms with E-state index in [1.165, 1.54) is 18.2 Å². The first-order valence-corrected chi connectivity index (χ1v) is 6.49. The van der Waals surface area contributed by atoms with E-state index in [4.69, 9.17) is 0 Å². The fraction of sp³-hybridized carbons (Fsp3) is 0.133. The number of hydrogen-bond donors (Lipinski definition) is 3. The molecule has 0 saturated heterocycles. The van der Waals surface area contributed by atoms with E-state index >= 15 is 0 Å². The van der Waals surface area contributed by atoms with Crippen molar-refractivity contribution < 1.29 is 9.59 Å². The monoisotopic (exact) mass is 285 g/mol. The second-order valence-electron chi connectivity index (χ2n) is 4.32. The van der Waals surface area contributed by atoms with Crippen molar-refractivity contribution in [2.24, 2.45) is 0 Å². The number of rotatable bonds is 4. The van der Waals surface area contributed by atoms with Gasteiger partial charge in [0, 0.05) is 23.9 Å². The Morgan fingerprint density at radius 1 is 1.05 bits per heavy atom. The smallest absolute Gasteiger partial charge is 0.272 e. The molecule has 6 heteroatoms. The molecule has 0 radical (unpaired) electrons. The quantitative estimate of drug-likeness (QED) is 0.792. The first-order chi connectivity index (χ1) is 10.1. The maximum absolute atomic E-state index is 11.9. The predicted octanol–water partition coefficient (Wildman–Crippen LogP) is 1.38. The van der Waals surface area contributed by atoms with Gasteiger partial charge in [-0.3, -0.25) is 14.4 Å². The van der Waals surface area contributed by atoms with Crippen LogP contribution < -0.4 is 16.2 Å². The molecule has 0 unspecified atom stereocenters. The number of amides is 2. The van der Waals surface area contributed by atoms with E-state index < -0.39 is 5.91 Å². The SMILES string of the molecule is CCNC(=O)c1ccc(NC(=O)c2cccc(=O)[nH]2)cc1. The van der Waals surface area contributed by atoms with Gasteiger partial charge >= 0.3 is 0 Å². The maximum atomic E-state index is 11.9. The van der Waals surface area contributed by atoms with Gasteiger partial charge in [-0.05, 0) is 37.3 Å². The van der Waals surface area contributed by atoms with Crippen LogP contribution in [0, 0.1) is 0 Å². The molecule has 108 valence electrons. The summed E-state index contributed by atoms with van der Waals surface area (Å²) < 4.78 is 0. The fourth-order valence-corrected chi connectivity index (χ4v) is 1.75. The minimum atomic E-state index is -0.418. The molecule has 2 aromatic rings. The largest absolute Gasteiger partial charge is 0.352 e. The Labute approximate surface area is 121 Å². The van der Waals surface area contributed by atoms with E-state index in [-0.39, 0.29) is 17.2 Å². The van der Waals surface area contributed by atoms with Crippen LogP contribution in [0.3, 0.4) is 0 Å². The van der Waals surface area contributed by atoms with Crippen molar-refractivity contribution in [3.8, 4) is 0 Å². The van der Waals surface area contributed by atoms with Crippen LogP contribution in [0.25, 0.3) is 0 Å². The van der Waals surface area contributed by atoms with E-state index in [0.717, 1.165) is 0 Å². The molecular formula is C15H15N3O3. The Bertz CT molecular complexity index is 705. The van der Waals surface area contributed by atoms with Gasteiger partial charge in [0.1, 0.15) is 5.69 Å². The Balaban J connectivity index is 2.08. The Hall–Kier alpha value is -2.89. The molecule has 2 amide bonds. The van der Waals surface area contributed by atoms with Gasteiger partial charge in [0.2, 0.25) is 5.56 Å². The first kappa shape index (κ1) is 14.5. The summed E-state index contributed by atoms with van der Waals surface area (Å²) in [5, 5.41) is 5.33. The van der Waals surface area contributed by atoms with Crippen molar-refractivity contribution in [3.05, 3.63) is 64.1 Å². The molecule has 3 N–H and O–H groups in total. The number of hydrogen-bond acceptors (Lipinski definition) is 3. The molecule has 1 aromatic carbocycles. The zero-order valence-corrected chi connectivity index (χ0v) is 11.5. The van der Waals surface area contributed by atoms with Crippen molar-refractivity contribution in [3.63, 3.8) is 0 Å². The van der Waals surface area contributed by atoms with Crippen LogP contribution in [-0.2, 0) is 0 Å². The van der Waals surface area contributed by atoms with Gasteiger partial charge in [-0.1, -0.05) is 6.07 Å². The number of benzene rings is 1. The Morgan fingerprint density at radius 2 is 1.76 bits per heavy atom. The molecule has 1 heterocycles. The average molecular weight is 285 g/mol. The molecule has 0 atom stereocenters. The maximum Gasteiger partial charge on any atom is 0.272 e. The highest BCUT2D eigenvalue weighted by atomic mass is 16.2. The Morgan fingerprint density at radius 3 is 2.38 bits per heavy atom. The van der Waals surface area contributed by atoms with E-state index in [1.807, 2.05) is 6.92 Å². The summed E-state index contributed by atoms with van der Waals surface area (Å²) in [4.78, 5) is 37.1. The molecule has 2 rings (SSSR count). The van der Waals surface area contributed by atoms with Gasteiger partial charge in [0.15, 0.2) is 0 Å². The molecule has 0 bridgehead atoms. The van der Waals surface area contributed by atoms with Crippen LogP contribution in [-0.4, -0.2) is 23.3 Å². The second kappa shape index (κ2) is 6.51. The minimum Gasteiger partial charge on any atom is -0.352 e. The lowest BCUT2D eigenvalue weighted by atomic mass is 10.2. The zero-order chi connectivity index (χ0) is 15.2. The number of H-pyrrole nitrogens is 1. The predicted molar refractivity (Wildman–Crippen MR) is 79.5 cm³/mol. The van der Waals surface area contributed by atoms with Crippen LogP contribution in [0.1, 0.15) is 27.8 Å². The average Bonchev–Trinajstić information content (AvgIpc) is 2.48.